The van der Waals surface area contributed by atoms with Crippen molar-refractivity contribution in [2.45, 2.75) is 6.42 Å². The lowest BCUT2D eigenvalue weighted by atomic mass is 9.96. The number of rotatable bonds is 3. The molecule has 1 radical (unpaired) electrons. The highest BCUT2D eigenvalue weighted by atomic mass is 35.5. The van der Waals surface area contributed by atoms with Gasteiger partial charge in [0.25, 0.3) is 0 Å². The molecule has 0 bridgehead atoms. The van der Waals surface area contributed by atoms with Crippen LogP contribution in [0.3, 0.4) is 0 Å². The smallest absolute Gasteiger partial charge is 0.122 e. The van der Waals surface area contributed by atoms with E-state index in [0.29, 0.717) is 6.42 Å². The highest BCUT2D eigenvalue weighted by Gasteiger charge is 2.11. The second kappa shape index (κ2) is 6.38. The van der Waals surface area contributed by atoms with Crippen molar-refractivity contribution in [3.63, 3.8) is 0 Å². The molecule has 0 saturated heterocycles. The maximum absolute atomic E-state index is 6.02. The minimum atomic E-state index is 0.700. The summed E-state index contributed by atoms with van der Waals surface area (Å²) in [6, 6.07) is 18.0. The van der Waals surface area contributed by atoms with Crippen LogP contribution < -0.4 is 0 Å². The van der Waals surface area contributed by atoms with E-state index in [0.717, 1.165) is 38.2 Å². The van der Waals surface area contributed by atoms with Crippen molar-refractivity contribution in [2.24, 2.45) is 0 Å². The number of nitrogens with zero attached hydrogens (tertiary/aromatic N) is 3. The van der Waals surface area contributed by atoms with Crippen LogP contribution in [0.1, 0.15) is 11.3 Å². The van der Waals surface area contributed by atoms with Gasteiger partial charge in [-0.05, 0) is 41.0 Å². The van der Waals surface area contributed by atoms with Gasteiger partial charge in [-0.2, -0.15) is 5.10 Å². The van der Waals surface area contributed by atoms with Crippen LogP contribution in [-0.4, -0.2) is 15.2 Å². The SMILES string of the molecule is Clc1ccc(-c2cccc3[c]nnc(Cc4ccncc4)c23)cc1. The Morgan fingerprint density at radius 1 is 0.917 bits per heavy atom. The molecule has 0 aliphatic heterocycles. The maximum atomic E-state index is 6.02. The number of aromatic nitrogens is 3. The molecule has 0 atom stereocenters. The summed E-state index contributed by atoms with van der Waals surface area (Å²) in [4.78, 5) is 4.07. The first-order valence-corrected chi connectivity index (χ1v) is 8.00. The molecular formula is C20H13ClN3. The summed E-state index contributed by atoms with van der Waals surface area (Å²) in [5, 5.41) is 11.2. The molecular weight excluding hydrogens is 318 g/mol. The molecule has 4 rings (SSSR count). The first kappa shape index (κ1) is 14.8. The van der Waals surface area contributed by atoms with E-state index in [2.05, 4.69) is 27.4 Å². The summed E-state index contributed by atoms with van der Waals surface area (Å²) in [6.45, 7) is 0. The molecule has 2 aromatic carbocycles. The third kappa shape index (κ3) is 2.86. The number of hydrogen-bond donors (Lipinski definition) is 0. The molecule has 0 amide bonds. The van der Waals surface area contributed by atoms with Crippen molar-refractivity contribution in [3.05, 3.63) is 89.5 Å². The van der Waals surface area contributed by atoms with Gasteiger partial charge >= 0.3 is 0 Å². The molecule has 0 spiro atoms. The number of pyridine rings is 1. The van der Waals surface area contributed by atoms with Gasteiger partial charge in [0.15, 0.2) is 0 Å². The van der Waals surface area contributed by atoms with Crippen LogP contribution in [0.2, 0.25) is 5.02 Å². The number of halogens is 1. The molecule has 4 heteroatoms. The van der Waals surface area contributed by atoms with E-state index in [1.807, 2.05) is 48.5 Å². The van der Waals surface area contributed by atoms with E-state index in [1.54, 1.807) is 12.4 Å². The molecule has 2 aromatic heterocycles. The third-order valence-electron chi connectivity index (χ3n) is 3.97. The lowest BCUT2D eigenvalue weighted by Gasteiger charge is -2.10. The number of fused-ring (bicyclic) bond motifs is 1. The Balaban J connectivity index is 1.90. The van der Waals surface area contributed by atoms with E-state index in [-0.39, 0.29) is 0 Å². The first-order valence-electron chi connectivity index (χ1n) is 7.62. The fourth-order valence-electron chi connectivity index (χ4n) is 2.83. The molecule has 0 N–H and O–H groups in total. The molecule has 3 nitrogen and oxygen atoms in total. The highest BCUT2D eigenvalue weighted by molar-refractivity contribution is 6.30. The maximum Gasteiger partial charge on any atom is 0.122 e. The normalized spacial score (nSPS) is 10.9. The zero-order chi connectivity index (χ0) is 16.4. The van der Waals surface area contributed by atoms with Gasteiger partial charge in [-0.15, -0.1) is 5.10 Å². The Morgan fingerprint density at radius 3 is 2.50 bits per heavy atom. The van der Waals surface area contributed by atoms with Crippen molar-refractivity contribution in [2.75, 3.05) is 0 Å². The average molecular weight is 331 g/mol. The van der Waals surface area contributed by atoms with Crippen molar-refractivity contribution in [1.82, 2.24) is 15.2 Å². The van der Waals surface area contributed by atoms with E-state index >= 15 is 0 Å². The zero-order valence-corrected chi connectivity index (χ0v) is 13.5. The Bertz CT molecular complexity index is 977. The lowest BCUT2D eigenvalue weighted by molar-refractivity contribution is 0.952. The predicted molar refractivity (Wildman–Crippen MR) is 95.9 cm³/mol. The molecule has 24 heavy (non-hydrogen) atoms. The average Bonchev–Trinajstić information content (AvgIpc) is 2.63. The molecule has 0 fully saturated rings. The van der Waals surface area contributed by atoms with Crippen LogP contribution >= 0.6 is 11.6 Å². The van der Waals surface area contributed by atoms with Crippen LogP contribution in [0.15, 0.2) is 67.0 Å². The van der Waals surface area contributed by atoms with Crippen molar-refractivity contribution in [1.29, 1.82) is 0 Å². The van der Waals surface area contributed by atoms with Gasteiger partial charge < -0.3 is 0 Å². The van der Waals surface area contributed by atoms with Crippen LogP contribution in [-0.2, 0) is 6.42 Å². The number of hydrogen-bond acceptors (Lipinski definition) is 3. The topological polar surface area (TPSA) is 38.7 Å². The molecule has 2 heterocycles. The van der Waals surface area contributed by atoms with Crippen LogP contribution in [0.5, 0.6) is 0 Å². The van der Waals surface area contributed by atoms with Gasteiger partial charge in [0, 0.05) is 34.6 Å². The van der Waals surface area contributed by atoms with Crippen LogP contribution in [0, 0.1) is 6.20 Å². The summed E-state index contributed by atoms with van der Waals surface area (Å²) in [5.74, 6) is 0. The summed E-state index contributed by atoms with van der Waals surface area (Å²) >= 11 is 6.02. The zero-order valence-electron chi connectivity index (χ0n) is 12.8. The van der Waals surface area contributed by atoms with Gasteiger partial charge in [0.2, 0.25) is 0 Å². The fourth-order valence-corrected chi connectivity index (χ4v) is 2.96. The Kier molecular flexibility index (Phi) is 3.93. The van der Waals surface area contributed by atoms with Crippen molar-refractivity contribution in [3.8, 4) is 11.1 Å². The van der Waals surface area contributed by atoms with E-state index in [4.69, 9.17) is 11.6 Å². The Hall–Kier alpha value is -2.78. The van der Waals surface area contributed by atoms with Crippen LogP contribution in [0.4, 0.5) is 0 Å². The summed E-state index contributed by atoms with van der Waals surface area (Å²) in [6.07, 6.45) is 7.28. The monoisotopic (exact) mass is 330 g/mol. The van der Waals surface area contributed by atoms with Crippen molar-refractivity contribution >= 4 is 22.4 Å². The summed E-state index contributed by atoms with van der Waals surface area (Å²) in [5.41, 5.74) is 4.29. The van der Waals surface area contributed by atoms with Gasteiger partial charge in [0.05, 0.1) is 5.69 Å². The lowest BCUT2D eigenvalue weighted by Crippen LogP contribution is -1.98. The second-order valence-electron chi connectivity index (χ2n) is 5.53. The largest absolute Gasteiger partial charge is 0.265 e. The van der Waals surface area contributed by atoms with E-state index < -0.39 is 0 Å². The highest BCUT2D eigenvalue weighted by Crippen LogP contribution is 2.31. The summed E-state index contributed by atoms with van der Waals surface area (Å²) < 4.78 is 0. The van der Waals surface area contributed by atoms with Crippen molar-refractivity contribution < 1.29 is 0 Å². The predicted octanol–water partition coefficient (Wildman–Crippen LogP) is 4.74. The molecule has 0 unspecified atom stereocenters. The minimum absolute atomic E-state index is 0.700. The summed E-state index contributed by atoms with van der Waals surface area (Å²) in [7, 11) is 0. The Labute approximate surface area is 145 Å². The molecule has 0 aliphatic rings. The quantitative estimate of drug-likeness (QED) is 0.545. The molecule has 0 saturated carbocycles. The van der Waals surface area contributed by atoms with Gasteiger partial charge in [0.1, 0.15) is 6.20 Å². The Morgan fingerprint density at radius 2 is 1.71 bits per heavy atom. The minimum Gasteiger partial charge on any atom is -0.265 e. The molecule has 115 valence electrons. The van der Waals surface area contributed by atoms with Crippen LogP contribution in [0.25, 0.3) is 21.9 Å². The third-order valence-corrected chi connectivity index (χ3v) is 4.22. The van der Waals surface area contributed by atoms with Gasteiger partial charge in [-0.25, -0.2) is 0 Å². The van der Waals surface area contributed by atoms with E-state index in [9.17, 15) is 0 Å². The first-order chi connectivity index (χ1) is 11.8. The number of benzene rings is 2. The fraction of sp³-hybridized carbons (Fsp3) is 0.0500. The van der Waals surface area contributed by atoms with E-state index in [1.165, 1.54) is 0 Å². The molecule has 0 aliphatic carbocycles. The van der Waals surface area contributed by atoms with Gasteiger partial charge in [-0.1, -0.05) is 41.9 Å². The van der Waals surface area contributed by atoms with Gasteiger partial charge in [-0.3, -0.25) is 4.98 Å². The second-order valence-corrected chi connectivity index (χ2v) is 5.96. The molecule has 4 aromatic rings. The standard InChI is InChI=1S/C20H13ClN3/c21-17-6-4-15(5-7-17)18-3-1-2-16-13-23-24-19(20(16)18)12-14-8-10-22-11-9-14/h1-11H,12H2.